The zero-order valence-corrected chi connectivity index (χ0v) is 12.1. The lowest BCUT2D eigenvalue weighted by Gasteiger charge is -2.10. The maximum atomic E-state index is 12.5. The molecule has 0 N–H and O–H groups in total. The molecule has 108 valence electrons. The van der Waals surface area contributed by atoms with Crippen molar-refractivity contribution in [2.45, 2.75) is 26.7 Å². The number of hydrogen-bond acceptors (Lipinski definition) is 3. The molecule has 0 saturated carbocycles. The predicted molar refractivity (Wildman–Crippen MR) is 81.7 cm³/mol. The molecule has 0 aliphatic rings. The number of ketones is 1. The van der Waals surface area contributed by atoms with Gasteiger partial charge in [0.15, 0.2) is 5.78 Å². The number of carbonyl (C=O) groups excluding carboxylic acids is 1. The minimum absolute atomic E-state index is 0.0503. The van der Waals surface area contributed by atoms with Crippen LogP contribution in [0.5, 0.6) is 0 Å². The standard InChI is InChI=1S/C17H17NO3/c1-3-12-10-11-15(16(18(20)21)14(12)4-2)17(19)13-8-6-5-7-9-13/h5-11H,3-4H2,1-2H3. The fourth-order valence-corrected chi connectivity index (χ4v) is 2.54. The zero-order valence-electron chi connectivity index (χ0n) is 12.1. The van der Waals surface area contributed by atoms with Gasteiger partial charge in [-0.2, -0.15) is 0 Å². The zero-order chi connectivity index (χ0) is 15.4. The Morgan fingerprint density at radius 1 is 1.05 bits per heavy atom. The summed E-state index contributed by atoms with van der Waals surface area (Å²) >= 11 is 0. The average molecular weight is 283 g/mol. The summed E-state index contributed by atoms with van der Waals surface area (Å²) in [6.45, 7) is 3.83. The Labute approximate surface area is 123 Å². The topological polar surface area (TPSA) is 60.2 Å². The highest BCUT2D eigenvalue weighted by molar-refractivity contribution is 6.11. The van der Waals surface area contributed by atoms with Gasteiger partial charge >= 0.3 is 0 Å². The van der Waals surface area contributed by atoms with Crippen molar-refractivity contribution >= 4 is 11.5 Å². The van der Waals surface area contributed by atoms with Crippen molar-refractivity contribution in [1.82, 2.24) is 0 Å². The van der Waals surface area contributed by atoms with E-state index in [1.54, 1.807) is 30.3 Å². The largest absolute Gasteiger partial charge is 0.288 e. The molecule has 0 aromatic heterocycles. The third-order valence-corrected chi connectivity index (χ3v) is 3.58. The lowest BCUT2D eigenvalue weighted by Crippen LogP contribution is -2.09. The molecule has 0 radical (unpaired) electrons. The number of hydrogen-bond donors (Lipinski definition) is 0. The number of nitrogens with zero attached hydrogens (tertiary/aromatic N) is 1. The monoisotopic (exact) mass is 283 g/mol. The quantitative estimate of drug-likeness (QED) is 0.474. The number of benzene rings is 2. The molecule has 0 unspecified atom stereocenters. The van der Waals surface area contributed by atoms with E-state index in [4.69, 9.17) is 0 Å². The predicted octanol–water partition coefficient (Wildman–Crippen LogP) is 3.95. The Hall–Kier alpha value is -2.49. The van der Waals surface area contributed by atoms with Crippen molar-refractivity contribution in [2.24, 2.45) is 0 Å². The van der Waals surface area contributed by atoms with Crippen molar-refractivity contribution in [3.05, 3.63) is 74.8 Å². The molecule has 0 heterocycles. The molecule has 0 fully saturated rings. The fourth-order valence-electron chi connectivity index (χ4n) is 2.54. The molecule has 0 spiro atoms. The van der Waals surface area contributed by atoms with Gasteiger partial charge in [0.05, 0.1) is 4.92 Å². The van der Waals surface area contributed by atoms with Crippen LogP contribution in [-0.4, -0.2) is 10.7 Å². The minimum atomic E-state index is -0.436. The molecule has 2 aromatic carbocycles. The molecule has 0 bridgehead atoms. The van der Waals surface area contributed by atoms with E-state index in [-0.39, 0.29) is 17.0 Å². The van der Waals surface area contributed by atoms with Gasteiger partial charge in [0.2, 0.25) is 0 Å². The highest BCUT2D eigenvalue weighted by Crippen LogP contribution is 2.30. The van der Waals surface area contributed by atoms with E-state index in [1.807, 2.05) is 26.0 Å². The van der Waals surface area contributed by atoms with Crippen LogP contribution in [0.1, 0.15) is 40.9 Å². The summed E-state index contributed by atoms with van der Waals surface area (Å²) in [5.41, 5.74) is 2.16. The molecule has 0 saturated heterocycles. The van der Waals surface area contributed by atoms with Gasteiger partial charge in [0.1, 0.15) is 5.56 Å². The van der Waals surface area contributed by atoms with E-state index >= 15 is 0 Å². The molecule has 2 aromatic rings. The molecule has 0 aliphatic heterocycles. The van der Waals surface area contributed by atoms with Crippen LogP contribution < -0.4 is 0 Å². The van der Waals surface area contributed by atoms with Crippen LogP contribution in [0, 0.1) is 10.1 Å². The highest BCUT2D eigenvalue weighted by atomic mass is 16.6. The van der Waals surface area contributed by atoms with Gasteiger partial charge in [-0.1, -0.05) is 50.2 Å². The summed E-state index contributed by atoms with van der Waals surface area (Å²) in [4.78, 5) is 23.6. The summed E-state index contributed by atoms with van der Waals surface area (Å²) in [6.07, 6.45) is 1.25. The van der Waals surface area contributed by atoms with E-state index in [2.05, 4.69) is 0 Å². The smallest absolute Gasteiger partial charge is 0.283 e. The van der Waals surface area contributed by atoms with Crippen molar-refractivity contribution in [3.63, 3.8) is 0 Å². The van der Waals surface area contributed by atoms with E-state index in [0.29, 0.717) is 24.0 Å². The SMILES string of the molecule is CCc1ccc(C(=O)c2ccccc2)c([N+](=O)[O-])c1CC. The van der Waals surface area contributed by atoms with Crippen LogP contribution in [-0.2, 0) is 12.8 Å². The lowest BCUT2D eigenvalue weighted by molar-refractivity contribution is -0.385. The number of carbonyl (C=O) groups is 1. The number of rotatable bonds is 5. The van der Waals surface area contributed by atoms with E-state index < -0.39 is 4.92 Å². The van der Waals surface area contributed by atoms with Crippen LogP contribution in [0.15, 0.2) is 42.5 Å². The van der Waals surface area contributed by atoms with Crippen molar-refractivity contribution in [2.75, 3.05) is 0 Å². The van der Waals surface area contributed by atoms with Crippen molar-refractivity contribution in [1.29, 1.82) is 0 Å². The van der Waals surface area contributed by atoms with Crippen LogP contribution in [0.3, 0.4) is 0 Å². The van der Waals surface area contributed by atoms with E-state index in [9.17, 15) is 14.9 Å². The second-order valence-corrected chi connectivity index (χ2v) is 4.76. The summed E-state index contributed by atoms with van der Waals surface area (Å²) in [5.74, 6) is -0.306. The first-order valence-electron chi connectivity index (χ1n) is 6.99. The van der Waals surface area contributed by atoms with E-state index in [1.165, 1.54) is 0 Å². The minimum Gasteiger partial charge on any atom is -0.288 e. The van der Waals surface area contributed by atoms with Crippen LogP contribution in [0.25, 0.3) is 0 Å². The van der Waals surface area contributed by atoms with Crippen LogP contribution >= 0.6 is 0 Å². The summed E-state index contributed by atoms with van der Waals surface area (Å²) < 4.78 is 0. The number of nitro benzene ring substituents is 1. The third-order valence-electron chi connectivity index (χ3n) is 3.58. The third kappa shape index (κ3) is 2.84. The first kappa shape index (κ1) is 14.9. The van der Waals surface area contributed by atoms with Gasteiger partial charge in [-0.3, -0.25) is 14.9 Å². The van der Waals surface area contributed by atoms with E-state index in [0.717, 1.165) is 5.56 Å². The van der Waals surface area contributed by atoms with Crippen LogP contribution in [0.4, 0.5) is 5.69 Å². The average Bonchev–Trinajstić information content (AvgIpc) is 2.53. The van der Waals surface area contributed by atoms with Gasteiger partial charge in [-0.05, 0) is 24.5 Å². The van der Waals surface area contributed by atoms with Gasteiger partial charge in [0.25, 0.3) is 5.69 Å². The van der Waals surface area contributed by atoms with Gasteiger partial charge < -0.3 is 0 Å². The van der Waals surface area contributed by atoms with Gasteiger partial charge in [-0.15, -0.1) is 0 Å². The normalized spacial score (nSPS) is 10.4. The van der Waals surface area contributed by atoms with Gasteiger partial charge in [0, 0.05) is 11.1 Å². The maximum absolute atomic E-state index is 12.5. The summed E-state index contributed by atoms with van der Waals surface area (Å²) in [5, 5.41) is 11.5. The first-order chi connectivity index (χ1) is 10.1. The molecule has 0 aliphatic carbocycles. The Balaban J connectivity index is 2.64. The number of nitro groups is 1. The Morgan fingerprint density at radius 2 is 1.71 bits per heavy atom. The highest BCUT2D eigenvalue weighted by Gasteiger charge is 2.26. The Kier molecular flexibility index (Phi) is 4.48. The molecule has 2 rings (SSSR count). The molecule has 4 heteroatoms. The Bertz CT molecular complexity index is 678. The van der Waals surface area contributed by atoms with Crippen molar-refractivity contribution < 1.29 is 9.72 Å². The molecule has 21 heavy (non-hydrogen) atoms. The van der Waals surface area contributed by atoms with Gasteiger partial charge in [-0.25, -0.2) is 0 Å². The molecular weight excluding hydrogens is 266 g/mol. The summed E-state index contributed by atoms with van der Waals surface area (Å²) in [7, 11) is 0. The summed E-state index contributed by atoms with van der Waals surface area (Å²) in [6, 6.07) is 12.0. The second-order valence-electron chi connectivity index (χ2n) is 4.76. The Morgan fingerprint density at radius 3 is 2.24 bits per heavy atom. The maximum Gasteiger partial charge on any atom is 0.283 e. The first-order valence-corrected chi connectivity index (χ1v) is 6.99. The molecular formula is C17H17NO3. The lowest BCUT2D eigenvalue weighted by atomic mass is 9.93. The number of aryl methyl sites for hydroxylation is 1. The molecule has 4 nitrogen and oxygen atoms in total. The second kappa shape index (κ2) is 6.31. The van der Waals surface area contributed by atoms with Crippen LogP contribution in [0.2, 0.25) is 0 Å². The fraction of sp³-hybridized carbons (Fsp3) is 0.235. The molecule has 0 atom stereocenters. The molecule has 0 amide bonds. The van der Waals surface area contributed by atoms with Crippen molar-refractivity contribution in [3.8, 4) is 0 Å².